The Hall–Kier alpha value is -2.97. The Labute approximate surface area is 158 Å². The number of hydrogen-bond donors (Lipinski definition) is 1. The largest absolute Gasteiger partial charge is 0.361 e. The number of nitrogens with zero attached hydrogens (tertiary/aromatic N) is 6. The molecule has 2 aromatic rings. The van der Waals surface area contributed by atoms with Crippen LogP contribution in [0.5, 0.6) is 0 Å². The molecule has 0 spiro atoms. The van der Waals surface area contributed by atoms with Crippen molar-refractivity contribution in [3.63, 3.8) is 0 Å². The minimum Gasteiger partial charge on any atom is -0.361 e. The number of nitrogens with one attached hydrogen (secondary N) is 1. The average Bonchev–Trinajstić information content (AvgIpc) is 2.68. The van der Waals surface area contributed by atoms with Crippen LogP contribution in [-0.2, 0) is 7.05 Å². The molecular weight excluding hydrogens is 346 g/mol. The first-order chi connectivity index (χ1) is 13.0. The summed E-state index contributed by atoms with van der Waals surface area (Å²) in [5.74, 6) is 1.21. The Bertz CT molecular complexity index is 848. The molecule has 1 N–H and O–H groups in total. The van der Waals surface area contributed by atoms with Gasteiger partial charge in [-0.3, -0.25) is 9.59 Å². The van der Waals surface area contributed by atoms with Gasteiger partial charge in [0, 0.05) is 46.3 Å². The summed E-state index contributed by atoms with van der Waals surface area (Å²) in [4.78, 5) is 28.0. The van der Waals surface area contributed by atoms with E-state index in [2.05, 4.69) is 25.5 Å². The van der Waals surface area contributed by atoms with E-state index in [-0.39, 0.29) is 17.5 Å². The third-order valence-electron chi connectivity index (χ3n) is 4.71. The molecule has 9 heteroatoms. The van der Waals surface area contributed by atoms with Crippen molar-refractivity contribution in [1.29, 1.82) is 0 Å². The van der Waals surface area contributed by atoms with Gasteiger partial charge in [0.2, 0.25) is 0 Å². The van der Waals surface area contributed by atoms with Crippen LogP contribution in [-0.4, -0.2) is 59.1 Å². The van der Waals surface area contributed by atoms with Crippen LogP contribution in [0.25, 0.3) is 0 Å². The van der Waals surface area contributed by atoms with Crippen molar-refractivity contribution in [1.82, 2.24) is 25.3 Å². The lowest BCUT2D eigenvalue weighted by Crippen LogP contribution is -2.47. The van der Waals surface area contributed by atoms with E-state index in [4.69, 9.17) is 0 Å². The van der Waals surface area contributed by atoms with Gasteiger partial charge in [-0.1, -0.05) is 0 Å². The molecule has 1 amide bonds. The van der Waals surface area contributed by atoms with E-state index in [9.17, 15) is 9.59 Å². The van der Waals surface area contributed by atoms with E-state index < -0.39 is 0 Å². The molecule has 1 unspecified atom stereocenters. The lowest BCUT2D eigenvalue weighted by molar-refractivity contribution is 0.0943. The molecule has 0 aliphatic carbocycles. The number of anilines is 2. The topological polar surface area (TPSA) is 96.2 Å². The Morgan fingerprint density at radius 3 is 2.70 bits per heavy atom. The van der Waals surface area contributed by atoms with Crippen LogP contribution >= 0.6 is 0 Å². The van der Waals surface area contributed by atoms with Crippen molar-refractivity contribution in [2.24, 2.45) is 7.05 Å². The summed E-state index contributed by atoms with van der Waals surface area (Å²) in [5.41, 5.74) is 0.156. The SMILES string of the molecule is CN(C)c1ccc(C(=O)NCC2CCCCN2c2ccc(=O)n(C)n2)nn1. The average molecular weight is 371 g/mol. The van der Waals surface area contributed by atoms with Crippen LogP contribution < -0.4 is 20.7 Å². The number of carbonyl (C=O) groups excluding carboxylic acids is 1. The van der Waals surface area contributed by atoms with Crippen molar-refractivity contribution in [3.05, 3.63) is 40.3 Å². The molecule has 0 saturated carbocycles. The summed E-state index contributed by atoms with van der Waals surface area (Å²) in [6.45, 7) is 1.34. The molecule has 1 saturated heterocycles. The van der Waals surface area contributed by atoms with Gasteiger partial charge < -0.3 is 15.1 Å². The molecule has 1 aliphatic heterocycles. The smallest absolute Gasteiger partial charge is 0.271 e. The van der Waals surface area contributed by atoms with Gasteiger partial charge in [-0.05, 0) is 37.5 Å². The quantitative estimate of drug-likeness (QED) is 0.814. The zero-order valence-electron chi connectivity index (χ0n) is 15.9. The Balaban J connectivity index is 1.66. The van der Waals surface area contributed by atoms with Crippen molar-refractivity contribution in [2.45, 2.75) is 25.3 Å². The van der Waals surface area contributed by atoms with Crippen LogP contribution in [0.15, 0.2) is 29.1 Å². The lowest BCUT2D eigenvalue weighted by Gasteiger charge is -2.36. The number of aryl methyl sites for hydroxylation is 1. The molecule has 2 aromatic heterocycles. The maximum atomic E-state index is 12.4. The number of carbonyl (C=O) groups is 1. The number of piperidine rings is 1. The van der Waals surface area contributed by atoms with Crippen molar-refractivity contribution in [2.75, 3.05) is 37.0 Å². The zero-order valence-corrected chi connectivity index (χ0v) is 15.9. The fourth-order valence-corrected chi connectivity index (χ4v) is 3.14. The minimum atomic E-state index is -0.244. The van der Waals surface area contributed by atoms with Crippen LogP contribution in [0.1, 0.15) is 29.8 Å². The van der Waals surface area contributed by atoms with Crippen molar-refractivity contribution in [3.8, 4) is 0 Å². The van der Waals surface area contributed by atoms with Gasteiger partial charge in [-0.25, -0.2) is 4.68 Å². The van der Waals surface area contributed by atoms with Crippen LogP contribution in [0.2, 0.25) is 0 Å². The predicted molar refractivity (Wildman–Crippen MR) is 103 cm³/mol. The van der Waals surface area contributed by atoms with E-state index in [0.29, 0.717) is 18.1 Å². The first kappa shape index (κ1) is 18.8. The zero-order chi connectivity index (χ0) is 19.4. The first-order valence-electron chi connectivity index (χ1n) is 9.06. The highest BCUT2D eigenvalue weighted by atomic mass is 16.2. The normalized spacial score (nSPS) is 16.9. The molecule has 0 radical (unpaired) electrons. The minimum absolute atomic E-state index is 0.127. The third kappa shape index (κ3) is 4.42. The van der Waals surface area contributed by atoms with E-state index in [1.54, 1.807) is 25.2 Å². The molecule has 0 aromatic carbocycles. The molecule has 3 heterocycles. The monoisotopic (exact) mass is 371 g/mol. The fourth-order valence-electron chi connectivity index (χ4n) is 3.14. The molecule has 1 fully saturated rings. The Morgan fingerprint density at radius 2 is 2.04 bits per heavy atom. The van der Waals surface area contributed by atoms with Gasteiger partial charge in [0.25, 0.3) is 11.5 Å². The summed E-state index contributed by atoms with van der Waals surface area (Å²) in [6.07, 6.45) is 3.11. The van der Waals surface area contributed by atoms with E-state index in [1.807, 2.05) is 19.0 Å². The Kier molecular flexibility index (Phi) is 5.68. The second kappa shape index (κ2) is 8.15. The molecule has 144 valence electrons. The highest BCUT2D eigenvalue weighted by molar-refractivity contribution is 5.92. The van der Waals surface area contributed by atoms with E-state index >= 15 is 0 Å². The standard InChI is InChI=1S/C18H25N7O2/c1-23(2)15-8-7-14(20-21-15)18(27)19-12-13-6-4-5-11-25(13)16-9-10-17(26)24(3)22-16/h7-10,13H,4-6,11-12H2,1-3H3,(H,19,27). The molecule has 1 atom stereocenters. The van der Waals surface area contributed by atoms with Gasteiger partial charge in [-0.15, -0.1) is 10.2 Å². The van der Waals surface area contributed by atoms with Gasteiger partial charge in [0.05, 0.1) is 0 Å². The second-order valence-electron chi connectivity index (χ2n) is 6.88. The lowest BCUT2D eigenvalue weighted by atomic mass is 10.0. The summed E-state index contributed by atoms with van der Waals surface area (Å²) >= 11 is 0. The highest BCUT2D eigenvalue weighted by Gasteiger charge is 2.25. The maximum absolute atomic E-state index is 12.4. The van der Waals surface area contributed by atoms with Gasteiger partial charge in [-0.2, -0.15) is 5.10 Å². The van der Waals surface area contributed by atoms with Crippen molar-refractivity contribution >= 4 is 17.5 Å². The maximum Gasteiger partial charge on any atom is 0.271 e. The summed E-state index contributed by atoms with van der Waals surface area (Å²) in [5, 5.41) is 15.3. The molecular formula is C18H25N7O2. The predicted octanol–water partition coefficient (Wildman–Crippen LogP) is 0.425. The third-order valence-corrected chi connectivity index (χ3v) is 4.71. The van der Waals surface area contributed by atoms with Crippen LogP contribution in [0, 0.1) is 0 Å². The molecule has 1 aliphatic rings. The molecule has 0 bridgehead atoms. The summed E-state index contributed by atoms with van der Waals surface area (Å²) < 4.78 is 1.33. The second-order valence-corrected chi connectivity index (χ2v) is 6.88. The summed E-state index contributed by atoms with van der Waals surface area (Å²) in [7, 11) is 5.38. The van der Waals surface area contributed by atoms with Gasteiger partial charge >= 0.3 is 0 Å². The molecule has 9 nitrogen and oxygen atoms in total. The van der Waals surface area contributed by atoms with Gasteiger partial charge in [0.1, 0.15) is 5.82 Å². The first-order valence-corrected chi connectivity index (χ1v) is 9.06. The summed E-state index contributed by atoms with van der Waals surface area (Å²) in [6, 6.07) is 6.83. The number of aromatic nitrogens is 4. The highest BCUT2D eigenvalue weighted by Crippen LogP contribution is 2.22. The number of rotatable bonds is 5. The molecule has 3 rings (SSSR count). The van der Waals surface area contributed by atoms with Crippen molar-refractivity contribution < 1.29 is 4.79 Å². The molecule has 27 heavy (non-hydrogen) atoms. The van der Waals surface area contributed by atoms with E-state index in [0.717, 1.165) is 31.6 Å². The van der Waals surface area contributed by atoms with Gasteiger partial charge in [0.15, 0.2) is 11.5 Å². The van der Waals surface area contributed by atoms with Crippen LogP contribution in [0.4, 0.5) is 11.6 Å². The number of hydrogen-bond acceptors (Lipinski definition) is 7. The number of amides is 1. The van der Waals surface area contributed by atoms with Crippen LogP contribution in [0.3, 0.4) is 0 Å². The Morgan fingerprint density at radius 1 is 1.22 bits per heavy atom. The fraction of sp³-hybridized carbons (Fsp3) is 0.500. The van der Waals surface area contributed by atoms with E-state index in [1.165, 1.54) is 10.7 Å².